The molecular formula is C14H16O4. The van der Waals surface area contributed by atoms with Gasteiger partial charge in [0.2, 0.25) is 0 Å². The molecule has 0 unspecified atom stereocenters. The Balaban J connectivity index is 1.67. The number of benzene rings is 1. The van der Waals surface area contributed by atoms with Crippen LogP contribution in [0.25, 0.3) is 0 Å². The zero-order valence-corrected chi connectivity index (χ0v) is 10.2. The maximum Gasteiger partial charge on any atom is 0.193 e. The summed E-state index contributed by atoms with van der Waals surface area (Å²) in [6.45, 7) is 2.74. The van der Waals surface area contributed by atoms with E-state index < -0.39 is 12.2 Å². The number of carbonyl (C=O) groups is 1. The normalized spacial score (nSPS) is 34.8. The molecule has 3 rings (SSSR count). The van der Waals surface area contributed by atoms with Gasteiger partial charge in [0.05, 0.1) is 13.2 Å². The molecule has 18 heavy (non-hydrogen) atoms. The number of ether oxygens (including phenoxy) is 3. The number of hydrogen-bond donors (Lipinski definition) is 0. The molecule has 1 aromatic carbocycles. The van der Waals surface area contributed by atoms with Gasteiger partial charge in [-0.05, 0) is 5.56 Å². The van der Waals surface area contributed by atoms with Crippen molar-refractivity contribution in [1.29, 1.82) is 0 Å². The summed E-state index contributed by atoms with van der Waals surface area (Å²) in [5.41, 5.74) is 1.07. The molecule has 2 aliphatic rings. The summed E-state index contributed by atoms with van der Waals surface area (Å²) < 4.78 is 16.6. The number of carbonyl (C=O) groups excluding carboxylic acids is 1. The van der Waals surface area contributed by atoms with Gasteiger partial charge in [0.25, 0.3) is 0 Å². The predicted molar refractivity (Wildman–Crippen MR) is 63.8 cm³/mol. The van der Waals surface area contributed by atoms with Crippen LogP contribution in [0, 0.1) is 5.92 Å². The summed E-state index contributed by atoms with van der Waals surface area (Å²) in [5, 5.41) is 0. The van der Waals surface area contributed by atoms with Crippen LogP contribution in [0.5, 0.6) is 0 Å². The molecule has 0 aliphatic carbocycles. The molecule has 1 aromatic rings. The maximum atomic E-state index is 12.1. The van der Waals surface area contributed by atoms with Crippen LogP contribution in [0.4, 0.5) is 0 Å². The number of fused-ring (bicyclic) bond motifs is 2. The van der Waals surface area contributed by atoms with Crippen molar-refractivity contribution in [3.63, 3.8) is 0 Å². The Morgan fingerprint density at radius 1 is 1.33 bits per heavy atom. The third kappa shape index (κ3) is 2.07. The van der Waals surface area contributed by atoms with Crippen molar-refractivity contribution in [2.24, 2.45) is 5.92 Å². The number of rotatable bonds is 3. The molecule has 4 atom stereocenters. The Bertz CT molecular complexity index is 431. The van der Waals surface area contributed by atoms with Crippen molar-refractivity contribution in [3.05, 3.63) is 35.9 Å². The summed E-state index contributed by atoms with van der Waals surface area (Å²) in [6, 6.07) is 9.85. The first-order valence-corrected chi connectivity index (χ1v) is 6.22. The quantitative estimate of drug-likeness (QED) is 0.813. The van der Waals surface area contributed by atoms with E-state index in [9.17, 15) is 4.79 Å². The second kappa shape index (κ2) is 4.80. The van der Waals surface area contributed by atoms with Crippen LogP contribution in [0.2, 0.25) is 0 Å². The van der Waals surface area contributed by atoms with Gasteiger partial charge in [-0.1, -0.05) is 37.3 Å². The van der Waals surface area contributed by atoms with E-state index in [1.165, 1.54) is 0 Å². The molecular weight excluding hydrogens is 232 g/mol. The van der Waals surface area contributed by atoms with Crippen LogP contribution in [-0.4, -0.2) is 30.9 Å². The fourth-order valence-corrected chi connectivity index (χ4v) is 2.43. The van der Waals surface area contributed by atoms with Crippen molar-refractivity contribution >= 4 is 5.78 Å². The molecule has 0 saturated carbocycles. The van der Waals surface area contributed by atoms with E-state index in [0.29, 0.717) is 13.2 Å². The number of ketones is 1. The van der Waals surface area contributed by atoms with E-state index >= 15 is 0 Å². The zero-order valence-electron chi connectivity index (χ0n) is 10.2. The van der Waals surface area contributed by atoms with Gasteiger partial charge in [0, 0.05) is 5.92 Å². The Hall–Kier alpha value is -1.23. The van der Waals surface area contributed by atoms with Crippen molar-refractivity contribution in [2.75, 3.05) is 6.61 Å². The minimum absolute atomic E-state index is 0.00665. The molecule has 2 fully saturated rings. The van der Waals surface area contributed by atoms with Gasteiger partial charge in [0.15, 0.2) is 12.1 Å². The smallest absolute Gasteiger partial charge is 0.193 e. The predicted octanol–water partition coefficient (Wildman–Crippen LogP) is 1.53. The lowest BCUT2D eigenvalue weighted by atomic mass is 9.95. The van der Waals surface area contributed by atoms with Gasteiger partial charge in [-0.25, -0.2) is 0 Å². The third-order valence-electron chi connectivity index (χ3n) is 3.49. The second-order valence-corrected chi connectivity index (χ2v) is 4.81. The lowest BCUT2D eigenvalue weighted by Gasteiger charge is -2.31. The first-order valence-electron chi connectivity index (χ1n) is 6.22. The Labute approximate surface area is 106 Å². The fourth-order valence-electron chi connectivity index (χ4n) is 2.43. The molecule has 2 heterocycles. The summed E-state index contributed by atoms with van der Waals surface area (Å²) in [7, 11) is 0. The largest absolute Gasteiger partial charge is 0.365 e. The van der Waals surface area contributed by atoms with Crippen LogP contribution in [0.3, 0.4) is 0 Å². The molecule has 2 aliphatic heterocycles. The van der Waals surface area contributed by atoms with Crippen molar-refractivity contribution < 1.29 is 19.0 Å². The Morgan fingerprint density at radius 3 is 2.89 bits per heavy atom. The average Bonchev–Trinajstić information content (AvgIpc) is 2.85. The van der Waals surface area contributed by atoms with E-state index in [4.69, 9.17) is 14.2 Å². The van der Waals surface area contributed by atoms with E-state index in [2.05, 4.69) is 0 Å². The minimum atomic E-state index is -0.438. The lowest BCUT2D eigenvalue weighted by Crippen LogP contribution is -2.47. The topological polar surface area (TPSA) is 44.8 Å². The SMILES string of the molecule is C[C@H]1[C@@H]2OC[C@@H](O2)C(=O)[C@@H]1OCc1ccccc1. The minimum Gasteiger partial charge on any atom is -0.365 e. The molecule has 0 spiro atoms. The van der Waals surface area contributed by atoms with E-state index in [1.54, 1.807) is 0 Å². The van der Waals surface area contributed by atoms with Gasteiger partial charge < -0.3 is 14.2 Å². The first-order chi connectivity index (χ1) is 8.75. The highest BCUT2D eigenvalue weighted by molar-refractivity contribution is 5.88. The van der Waals surface area contributed by atoms with E-state index in [1.807, 2.05) is 37.3 Å². The van der Waals surface area contributed by atoms with Gasteiger partial charge in [-0.2, -0.15) is 0 Å². The summed E-state index contributed by atoms with van der Waals surface area (Å²) >= 11 is 0. The van der Waals surface area contributed by atoms with Crippen LogP contribution in [0.15, 0.2) is 30.3 Å². The highest BCUT2D eigenvalue weighted by atomic mass is 16.7. The van der Waals surface area contributed by atoms with Crippen molar-refractivity contribution in [1.82, 2.24) is 0 Å². The van der Waals surface area contributed by atoms with Gasteiger partial charge in [0.1, 0.15) is 12.2 Å². The molecule has 0 aromatic heterocycles. The summed E-state index contributed by atoms with van der Waals surface area (Å²) in [4.78, 5) is 12.1. The van der Waals surface area contributed by atoms with Gasteiger partial charge in [-0.15, -0.1) is 0 Å². The van der Waals surface area contributed by atoms with Gasteiger partial charge in [-0.3, -0.25) is 4.79 Å². The summed E-state index contributed by atoms with van der Waals surface area (Å²) in [5.74, 6) is -0.0489. The number of hydrogen-bond acceptors (Lipinski definition) is 4. The first kappa shape index (κ1) is 11.8. The van der Waals surface area contributed by atoms with Crippen LogP contribution >= 0.6 is 0 Å². The molecule has 2 saturated heterocycles. The van der Waals surface area contributed by atoms with Crippen LogP contribution < -0.4 is 0 Å². The molecule has 4 heteroatoms. The van der Waals surface area contributed by atoms with E-state index in [-0.39, 0.29) is 18.0 Å². The molecule has 96 valence electrons. The van der Waals surface area contributed by atoms with Crippen molar-refractivity contribution in [3.8, 4) is 0 Å². The third-order valence-corrected chi connectivity index (χ3v) is 3.49. The standard InChI is InChI=1S/C14H16O4/c1-9-13(12(15)11-8-17-14(9)18-11)16-7-10-5-3-2-4-6-10/h2-6,9,11,13-14H,7-8H2,1H3/t9-,11-,13-,14-/m1/s1. The molecule has 4 nitrogen and oxygen atoms in total. The zero-order chi connectivity index (χ0) is 12.5. The lowest BCUT2D eigenvalue weighted by molar-refractivity contribution is -0.182. The maximum absolute atomic E-state index is 12.1. The highest BCUT2D eigenvalue weighted by Gasteiger charge is 2.48. The van der Waals surface area contributed by atoms with Gasteiger partial charge >= 0.3 is 0 Å². The monoisotopic (exact) mass is 248 g/mol. The second-order valence-electron chi connectivity index (χ2n) is 4.81. The molecule has 0 N–H and O–H groups in total. The molecule has 0 amide bonds. The van der Waals surface area contributed by atoms with E-state index in [0.717, 1.165) is 5.56 Å². The van der Waals surface area contributed by atoms with Crippen LogP contribution in [0.1, 0.15) is 12.5 Å². The number of Topliss-reactive ketones (excluding diaryl/α,β-unsaturated/α-hetero) is 1. The van der Waals surface area contributed by atoms with Crippen LogP contribution in [-0.2, 0) is 25.6 Å². The average molecular weight is 248 g/mol. The fraction of sp³-hybridized carbons (Fsp3) is 0.500. The highest BCUT2D eigenvalue weighted by Crippen LogP contribution is 2.31. The van der Waals surface area contributed by atoms with Crippen molar-refractivity contribution in [2.45, 2.75) is 32.0 Å². The Morgan fingerprint density at radius 2 is 2.11 bits per heavy atom. The molecule has 0 radical (unpaired) electrons. The Kier molecular flexibility index (Phi) is 3.16. The summed E-state index contributed by atoms with van der Waals surface area (Å²) in [6.07, 6.45) is -1.16. The molecule has 2 bridgehead atoms.